The Kier molecular flexibility index (Phi) is 7.01. The van der Waals surface area contributed by atoms with Gasteiger partial charge in [0.15, 0.2) is 0 Å². The highest BCUT2D eigenvalue weighted by Gasteiger charge is 2.28. The second kappa shape index (κ2) is 8.04. The fourth-order valence-electron chi connectivity index (χ4n) is 2.33. The molecule has 0 aromatic heterocycles. The van der Waals surface area contributed by atoms with E-state index >= 15 is 0 Å². The molecule has 0 saturated carbocycles. The van der Waals surface area contributed by atoms with Gasteiger partial charge in [0.25, 0.3) is 0 Å². The number of nitrogens with one attached hydrogen (secondary N) is 1. The SMILES string of the molecule is CCCNC(CCCOC)C1CCC(C)O1. The van der Waals surface area contributed by atoms with Gasteiger partial charge in [-0.3, -0.25) is 0 Å². The summed E-state index contributed by atoms with van der Waals surface area (Å²) in [6.45, 7) is 6.32. The first-order valence-corrected chi connectivity index (χ1v) is 6.65. The largest absolute Gasteiger partial charge is 0.385 e. The molecule has 1 aliphatic rings. The van der Waals surface area contributed by atoms with Crippen molar-refractivity contribution in [3.63, 3.8) is 0 Å². The Morgan fingerprint density at radius 2 is 2.25 bits per heavy atom. The third-order valence-electron chi connectivity index (χ3n) is 3.23. The predicted octanol–water partition coefficient (Wildman–Crippen LogP) is 2.35. The van der Waals surface area contributed by atoms with Crippen LogP contribution in [0.4, 0.5) is 0 Å². The normalized spacial score (nSPS) is 27.2. The lowest BCUT2D eigenvalue weighted by Gasteiger charge is -2.24. The Morgan fingerprint density at radius 1 is 1.44 bits per heavy atom. The highest BCUT2D eigenvalue weighted by atomic mass is 16.5. The Hall–Kier alpha value is -0.120. The fourth-order valence-corrected chi connectivity index (χ4v) is 2.33. The molecule has 1 N–H and O–H groups in total. The van der Waals surface area contributed by atoms with E-state index in [9.17, 15) is 0 Å². The molecule has 3 unspecified atom stereocenters. The first-order chi connectivity index (χ1) is 7.77. The van der Waals surface area contributed by atoms with Crippen LogP contribution in [0.15, 0.2) is 0 Å². The van der Waals surface area contributed by atoms with E-state index in [0.29, 0.717) is 18.2 Å². The van der Waals surface area contributed by atoms with Crippen LogP contribution in [0.25, 0.3) is 0 Å². The lowest BCUT2D eigenvalue weighted by atomic mass is 10.0. The summed E-state index contributed by atoms with van der Waals surface area (Å²) in [5.41, 5.74) is 0. The number of hydrogen-bond donors (Lipinski definition) is 1. The molecule has 0 aromatic rings. The lowest BCUT2D eigenvalue weighted by molar-refractivity contribution is 0.0280. The highest BCUT2D eigenvalue weighted by Crippen LogP contribution is 2.23. The Bertz CT molecular complexity index is 175. The van der Waals surface area contributed by atoms with Crippen molar-refractivity contribution in [1.29, 1.82) is 0 Å². The van der Waals surface area contributed by atoms with Gasteiger partial charge in [0, 0.05) is 19.8 Å². The molecule has 3 nitrogen and oxygen atoms in total. The molecule has 1 fully saturated rings. The monoisotopic (exact) mass is 229 g/mol. The molecule has 0 aliphatic carbocycles. The van der Waals surface area contributed by atoms with Gasteiger partial charge in [-0.15, -0.1) is 0 Å². The van der Waals surface area contributed by atoms with Crippen molar-refractivity contribution in [2.45, 2.75) is 64.2 Å². The van der Waals surface area contributed by atoms with E-state index < -0.39 is 0 Å². The zero-order valence-electron chi connectivity index (χ0n) is 11.0. The maximum Gasteiger partial charge on any atom is 0.0732 e. The van der Waals surface area contributed by atoms with Crippen molar-refractivity contribution >= 4 is 0 Å². The minimum Gasteiger partial charge on any atom is -0.385 e. The van der Waals surface area contributed by atoms with E-state index in [0.717, 1.165) is 26.0 Å². The van der Waals surface area contributed by atoms with Crippen LogP contribution in [0.5, 0.6) is 0 Å². The molecule has 3 atom stereocenters. The van der Waals surface area contributed by atoms with Crippen LogP contribution in [0, 0.1) is 0 Å². The van der Waals surface area contributed by atoms with Gasteiger partial charge in [-0.2, -0.15) is 0 Å². The van der Waals surface area contributed by atoms with Crippen molar-refractivity contribution in [2.75, 3.05) is 20.3 Å². The Morgan fingerprint density at radius 3 is 2.81 bits per heavy atom. The first-order valence-electron chi connectivity index (χ1n) is 6.65. The molecule has 0 amide bonds. The zero-order chi connectivity index (χ0) is 11.8. The van der Waals surface area contributed by atoms with E-state index in [1.165, 1.54) is 19.3 Å². The molecule has 0 bridgehead atoms. The standard InChI is InChI=1S/C13H27NO2/c1-4-9-14-12(6-5-10-15-3)13-8-7-11(2)16-13/h11-14H,4-10H2,1-3H3. The molecule has 0 spiro atoms. The van der Waals surface area contributed by atoms with E-state index in [-0.39, 0.29) is 0 Å². The summed E-state index contributed by atoms with van der Waals surface area (Å²) in [5, 5.41) is 3.61. The van der Waals surface area contributed by atoms with E-state index in [4.69, 9.17) is 9.47 Å². The third-order valence-corrected chi connectivity index (χ3v) is 3.23. The van der Waals surface area contributed by atoms with Gasteiger partial charge in [0.05, 0.1) is 12.2 Å². The molecule has 96 valence electrons. The number of methoxy groups -OCH3 is 1. The summed E-state index contributed by atoms with van der Waals surface area (Å²) in [5.74, 6) is 0. The summed E-state index contributed by atoms with van der Waals surface area (Å²) in [6, 6.07) is 0.514. The fraction of sp³-hybridized carbons (Fsp3) is 1.00. The average molecular weight is 229 g/mol. The Labute approximate surface area is 99.9 Å². The van der Waals surface area contributed by atoms with Crippen LogP contribution in [-0.2, 0) is 9.47 Å². The Balaban J connectivity index is 2.30. The quantitative estimate of drug-likeness (QED) is 0.648. The molecule has 16 heavy (non-hydrogen) atoms. The van der Waals surface area contributed by atoms with Gasteiger partial charge in [0.2, 0.25) is 0 Å². The van der Waals surface area contributed by atoms with Crippen molar-refractivity contribution in [2.24, 2.45) is 0 Å². The van der Waals surface area contributed by atoms with Gasteiger partial charge < -0.3 is 14.8 Å². The van der Waals surface area contributed by atoms with Gasteiger partial charge in [-0.1, -0.05) is 6.92 Å². The van der Waals surface area contributed by atoms with Crippen molar-refractivity contribution < 1.29 is 9.47 Å². The van der Waals surface area contributed by atoms with E-state index in [1.807, 2.05) is 0 Å². The molecule has 1 heterocycles. The van der Waals surface area contributed by atoms with Crippen LogP contribution in [-0.4, -0.2) is 38.5 Å². The van der Waals surface area contributed by atoms with Gasteiger partial charge in [-0.05, 0) is 45.6 Å². The summed E-state index contributed by atoms with van der Waals surface area (Å²) in [6.07, 6.45) is 6.73. The number of rotatable bonds is 8. The molecular weight excluding hydrogens is 202 g/mol. The summed E-state index contributed by atoms with van der Waals surface area (Å²) >= 11 is 0. The van der Waals surface area contributed by atoms with E-state index in [1.54, 1.807) is 7.11 Å². The minimum atomic E-state index is 0.415. The van der Waals surface area contributed by atoms with Crippen LogP contribution in [0.3, 0.4) is 0 Å². The van der Waals surface area contributed by atoms with Crippen molar-refractivity contribution in [3.05, 3.63) is 0 Å². The molecule has 0 aromatic carbocycles. The summed E-state index contributed by atoms with van der Waals surface area (Å²) in [7, 11) is 1.77. The lowest BCUT2D eigenvalue weighted by Crippen LogP contribution is -2.40. The number of hydrogen-bond acceptors (Lipinski definition) is 3. The second-order valence-corrected chi connectivity index (χ2v) is 4.76. The maximum atomic E-state index is 5.95. The van der Waals surface area contributed by atoms with Crippen LogP contribution < -0.4 is 5.32 Å². The molecule has 1 aliphatic heterocycles. The van der Waals surface area contributed by atoms with Crippen molar-refractivity contribution in [1.82, 2.24) is 5.32 Å². The highest BCUT2D eigenvalue weighted by molar-refractivity contribution is 4.82. The maximum absolute atomic E-state index is 5.95. The molecular formula is C13H27NO2. The molecule has 1 saturated heterocycles. The van der Waals surface area contributed by atoms with Crippen LogP contribution >= 0.6 is 0 Å². The molecule has 0 radical (unpaired) electrons. The van der Waals surface area contributed by atoms with Gasteiger partial charge in [0.1, 0.15) is 0 Å². The first kappa shape index (κ1) is 13.9. The predicted molar refractivity (Wildman–Crippen MR) is 66.8 cm³/mol. The van der Waals surface area contributed by atoms with Gasteiger partial charge >= 0.3 is 0 Å². The minimum absolute atomic E-state index is 0.415. The van der Waals surface area contributed by atoms with Crippen LogP contribution in [0.1, 0.15) is 46.0 Å². The topological polar surface area (TPSA) is 30.5 Å². The summed E-state index contributed by atoms with van der Waals surface area (Å²) in [4.78, 5) is 0. The summed E-state index contributed by atoms with van der Waals surface area (Å²) < 4.78 is 11.1. The molecule has 3 heteroatoms. The second-order valence-electron chi connectivity index (χ2n) is 4.76. The molecule has 1 rings (SSSR count). The van der Waals surface area contributed by atoms with E-state index in [2.05, 4.69) is 19.2 Å². The number of ether oxygens (including phenoxy) is 2. The van der Waals surface area contributed by atoms with Crippen LogP contribution in [0.2, 0.25) is 0 Å². The zero-order valence-corrected chi connectivity index (χ0v) is 11.0. The van der Waals surface area contributed by atoms with Gasteiger partial charge in [-0.25, -0.2) is 0 Å². The average Bonchev–Trinajstić information content (AvgIpc) is 2.70. The third kappa shape index (κ3) is 4.81. The smallest absolute Gasteiger partial charge is 0.0732 e. The van der Waals surface area contributed by atoms with Crippen molar-refractivity contribution in [3.8, 4) is 0 Å².